The van der Waals surface area contributed by atoms with Crippen LogP contribution in [-0.4, -0.2) is 44.7 Å². The highest BCUT2D eigenvalue weighted by molar-refractivity contribution is 8.18. The zero-order chi connectivity index (χ0) is 27.4. The molecule has 198 valence electrons. The number of ether oxygens (including phenoxy) is 2. The fraction of sp³-hybridized carbons (Fsp3) is 0.185. The zero-order valence-electron chi connectivity index (χ0n) is 20.8. The molecule has 38 heavy (non-hydrogen) atoms. The number of amides is 2. The number of hydrogen-bond donors (Lipinski definition) is 0. The van der Waals surface area contributed by atoms with Crippen LogP contribution in [0.15, 0.2) is 70.5 Å². The molecule has 1 fully saturated rings. The first-order valence-electron chi connectivity index (χ1n) is 11.4. The van der Waals surface area contributed by atoms with E-state index in [9.17, 15) is 18.0 Å². The topological polar surface area (TPSA) is 99.2 Å². The molecule has 1 aliphatic heterocycles. The minimum absolute atomic E-state index is 0.0719. The lowest BCUT2D eigenvalue weighted by molar-refractivity contribution is -0.123. The lowest BCUT2D eigenvalue weighted by Crippen LogP contribution is -2.32. The number of carbonyl (C=O) groups is 2. The summed E-state index contributed by atoms with van der Waals surface area (Å²) in [5, 5.41) is -0.0320. The summed E-state index contributed by atoms with van der Waals surface area (Å²) in [6, 6.07) is 15.9. The Hall–Kier alpha value is -3.47. The molecule has 0 atom stereocenters. The summed E-state index contributed by atoms with van der Waals surface area (Å²) in [6.07, 6.45) is 1.50. The largest absolute Gasteiger partial charge is 0.493 e. The van der Waals surface area contributed by atoms with Crippen LogP contribution in [0.5, 0.6) is 17.2 Å². The van der Waals surface area contributed by atoms with Gasteiger partial charge in [0, 0.05) is 5.02 Å². The molecule has 2 amide bonds. The Morgan fingerprint density at radius 3 is 2.39 bits per heavy atom. The van der Waals surface area contributed by atoms with Crippen molar-refractivity contribution < 1.29 is 31.7 Å². The van der Waals surface area contributed by atoms with Gasteiger partial charge in [-0.15, -0.1) is 0 Å². The van der Waals surface area contributed by atoms with E-state index in [1.54, 1.807) is 6.07 Å². The Morgan fingerprint density at radius 1 is 0.947 bits per heavy atom. The van der Waals surface area contributed by atoms with Gasteiger partial charge in [0.2, 0.25) is 0 Å². The van der Waals surface area contributed by atoms with Crippen LogP contribution >= 0.6 is 23.4 Å². The van der Waals surface area contributed by atoms with Crippen LogP contribution in [0.4, 0.5) is 4.79 Å². The minimum Gasteiger partial charge on any atom is -0.493 e. The van der Waals surface area contributed by atoms with Gasteiger partial charge in [-0.05, 0) is 90.8 Å². The van der Waals surface area contributed by atoms with E-state index in [1.165, 1.54) is 49.6 Å². The predicted molar refractivity (Wildman–Crippen MR) is 146 cm³/mol. The highest BCUT2D eigenvalue weighted by Crippen LogP contribution is 2.35. The van der Waals surface area contributed by atoms with Crippen LogP contribution in [0, 0.1) is 13.8 Å². The summed E-state index contributed by atoms with van der Waals surface area (Å²) in [5.41, 5.74) is 2.45. The van der Waals surface area contributed by atoms with Crippen LogP contribution in [0.3, 0.4) is 0 Å². The molecule has 0 radical (unpaired) electrons. The molecular formula is C27H24ClNO7S2. The van der Waals surface area contributed by atoms with Crippen molar-refractivity contribution in [1.29, 1.82) is 0 Å². The summed E-state index contributed by atoms with van der Waals surface area (Å²) in [6.45, 7) is 4.12. The van der Waals surface area contributed by atoms with Crippen molar-refractivity contribution in [2.75, 3.05) is 20.3 Å². The number of hydrogen-bond acceptors (Lipinski definition) is 8. The molecule has 0 bridgehead atoms. The third-order valence-corrected chi connectivity index (χ3v) is 7.98. The number of halogens is 1. The highest BCUT2D eigenvalue weighted by Gasteiger charge is 2.35. The van der Waals surface area contributed by atoms with Crippen LogP contribution in [0.1, 0.15) is 16.7 Å². The summed E-state index contributed by atoms with van der Waals surface area (Å²) in [7, 11) is -2.80. The van der Waals surface area contributed by atoms with Gasteiger partial charge in [-0.1, -0.05) is 29.8 Å². The standard InChI is InChI=1S/C27H24ClNO7S2/c1-17-4-5-18(2)23(14-17)35-13-12-29-26(30)25(37-27(29)31)16-19-6-11-22(34-3)24(15-19)36-38(32,33)21-9-7-20(28)8-10-21/h4-11,14-16H,12-13H2,1-3H3/b25-16-. The molecule has 0 unspecified atom stereocenters. The number of rotatable bonds is 9. The van der Waals surface area contributed by atoms with Gasteiger partial charge in [-0.2, -0.15) is 8.42 Å². The lowest BCUT2D eigenvalue weighted by atomic mass is 10.1. The molecule has 0 spiro atoms. The Kier molecular flexibility index (Phi) is 8.35. The molecule has 0 N–H and O–H groups in total. The van der Waals surface area contributed by atoms with E-state index in [-0.39, 0.29) is 34.5 Å². The molecule has 11 heteroatoms. The summed E-state index contributed by atoms with van der Waals surface area (Å²) in [5.74, 6) is 0.345. The van der Waals surface area contributed by atoms with Gasteiger partial charge in [0.15, 0.2) is 11.5 Å². The first-order valence-corrected chi connectivity index (χ1v) is 14.0. The second-order valence-corrected chi connectivity index (χ2v) is 11.3. The molecule has 0 saturated carbocycles. The molecule has 1 heterocycles. The van der Waals surface area contributed by atoms with Crippen LogP contribution < -0.4 is 13.7 Å². The molecular weight excluding hydrogens is 550 g/mol. The van der Waals surface area contributed by atoms with Crippen molar-refractivity contribution in [2.45, 2.75) is 18.7 Å². The first-order chi connectivity index (χ1) is 18.1. The maximum absolute atomic E-state index is 12.9. The van der Waals surface area contributed by atoms with E-state index >= 15 is 0 Å². The zero-order valence-corrected chi connectivity index (χ0v) is 23.2. The highest BCUT2D eigenvalue weighted by atomic mass is 35.5. The molecule has 4 rings (SSSR count). The quantitative estimate of drug-likeness (QED) is 0.232. The Bertz CT molecular complexity index is 1520. The van der Waals surface area contributed by atoms with Crippen molar-refractivity contribution in [3.8, 4) is 17.2 Å². The van der Waals surface area contributed by atoms with Crippen molar-refractivity contribution >= 4 is 50.7 Å². The number of thioether (sulfide) groups is 1. The molecule has 1 aliphatic rings. The Balaban J connectivity index is 1.49. The fourth-order valence-corrected chi connectivity index (χ4v) is 5.49. The SMILES string of the molecule is COc1ccc(/C=C2\SC(=O)N(CCOc3cc(C)ccc3C)C2=O)cc1OS(=O)(=O)c1ccc(Cl)cc1. The molecule has 8 nitrogen and oxygen atoms in total. The van der Waals surface area contributed by atoms with E-state index in [1.807, 2.05) is 32.0 Å². The average molecular weight is 574 g/mol. The summed E-state index contributed by atoms with van der Waals surface area (Å²) in [4.78, 5) is 26.7. The average Bonchev–Trinajstić information content (AvgIpc) is 3.13. The third kappa shape index (κ3) is 6.32. The molecule has 3 aromatic carbocycles. The van der Waals surface area contributed by atoms with E-state index in [0.717, 1.165) is 27.8 Å². The van der Waals surface area contributed by atoms with Gasteiger partial charge in [0.05, 0.1) is 18.6 Å². The van der Waals surface area contributed by atoms with Gasteiger partial charge < -0.3 is 13.7 Å². The lowest BCUT2D eigenvalue weighted by Gasteiger charge is -2.14. The Morgan fingerprint density at radius 2 is 1.68 bits per heavy atom. The van der Waals surface area contributed by atoms with Crippen molar-refractivity contribution in [2.24, 2.45) is 0 Å². The number of nitrogens with zero attached hydrogens (tertiary/aromatic N) is 1. The number of methoxy groups -OCH3 is 1. The van der Waals surface area contributed by atoms with E-state index in [0.29, 0.717) is 16.3 Å². The number of carbonyl (C=O) groups excluding carboxylic acids is 2. The van der Waals surface area contributed by atoms with Crippen molar-refractivity contribution in [3.63, 3.8) is 0 Å². The Labute approximate surface area is 230 Å². The smallest absolute Gasteiger partial charge is 0.339 e. The van der Waals surface area contributed by atoms with Crippen molar-refractivity contribution in [3.05, 3.63) is 87.3 Å². The molecule has 0 aliphatic carbocycles. The normalized spacial score (nSPS) is 14.7. The van der Waals surface area contributed by atoms with Gasteiger partial charge in [-0.25, -0.2) is 0 Å². The minimum atomic E-state index is -4.18. The monoisotopic (exact) mass is 573 g/mol. The first kappa shape index (κ1) is 27.6. The number of aryl methyl sites for hydroxylation is 2. The number of benzene rings is 3. The predicted octanol–water partition coefficient (Wildman–Crippen LogP) is 5.85. The molecule has 1 saturated heterocycles. The van der Waals surface area contributed by atoms with E-state index in [2.05, 4.69) is 0 Å². The van der Waals surface area contributed by atoms with Crippen LogP contribution in [-0.2, 0) is 14.9 Å². The van der Waals surface area contributed by atoms with Crippen molar-refractivity contribution in [1.82, 2.24) is 4.90 Å². The summed E-state index contributed by atoms with van der Waals surface area (Å²) < 4.78 is 41.9. The van der Waals surface area contributed by atoms with Crippen LogP contribution in [0.25, 0.3) is 6.08 Å². The summed E-state index contributed by atoms with van der Waals surface area (Å²) >= 11 is 6.64. The van der Waals surface area contributed by atoms with E-state index < -0.39 is 21.3 Å². The van der Waals surface area contributed by atoms with Crippen LogP contribution in [0.2, 0.25) is 5.02 Å². The maximum Gasteiger partial charge on any atom is 0.339 e. The second kappa shape index (κ2) is 11.5. The second-order valence-electron chi connectivity index (χ2n) is 8.35. The van der Waals surface area contributed by atoms with Gasteiger partial charge in [0.1, 0.15) is 17.3 Å². The fourth-order valence-electron chi connectivity index (χ4n) is 3.57. The van der Waals surface area contributed by atoms with Gasteiger partial charge in [-0.3, -0.25) is 14.5 Å². The maximum atomic E-state index is 12.9. The third-order valence-electron chi connectivity index (χ3n) is 5.58. The van der Waals surface area contributed by atoms with Gasteiger partial charge >= 0.3 is 10.1 Å². The molecule has 0 aromatic heterocycles. The van der Waals surface area contributed by atoms with Gasteiger partial charge in [0.25, 0.3) is 11.1 Å². The molecule has 3 aromatic rings. The van der Waals surface area contributed by atoms with E-state index in [4.69, 9.17) is 25.3 Å². The number of imide groups is 1.